The number of fused-ring (bicyclic) bond motifs is 4. The number of carbonyl (C=O) groups is 1. The number of carbonyl (C=O) groups excluding carboxylic acids is 1. The van der Waals surface area contributed by atoms with E-state index in [9.17, 15) is 4.79 Å². The molecule has 0 fully saturated rings. The number of anilines is 2. The summed E-state index contributed by atoms with van der Waals surface area (Å²) >= 11 is 2.99. The lowest BCUT2D eigenvalue weighted by Crippen LogP contribution is -2.42. The summed E-state index contributed by atoms with van der Waals surface area (Å²) in [5.41, 5.74) is 2.84. The van der Waals surface area contributed by atoms with Gasteiger partial charge in [0, 0.05) is 31.0 Å². The number of hydrogen-bond donors (Lipinski definition) is 1. The first-order valence-electron chi connectivity index (χ1n) is 11.1. The van der Waals surface area contributed by atoms with Crippen LogP contribution in [0.5, 0.6) is 5.75 Å². The van der Waals surface area contributed by atoms with E-state index in [4.69, 9.17) is 9.47 Å². The largest absolute Gasteiger partial charge is 0.494 e. The summed E-state index contributed by atoms with van der Waals surface area (Å²) in [6.07, 6.45) is 3.92. The van der Waals surface area contributed by atoms with Crippen molar-refractivity contribution in [1.29, 1.82) is 0 Å². The van der Waals surface area contributed by atoms with Gasteiger partial charge in [-0.25, -0.2) is 9.97 Å². The number of methoxy groups -OCH3 is 2. The molecular weight excluding hydrogens is 472 g/mol. The number of aryl methyl sites for hydroxylation is 1. The molecule has 0 bridgehead atoms. The Balaban J connectivity index is 1.45. The van der Waals surface area contributed by atoms with Crippen molar-refractivity contribution in [2.24, 2.45) is 5.92 Å². The fraction of sp³-hybridized carbons (Fsp3) is 0.435. The number of ether oxygens (including phenoxy) is 2. The predicted octanol–water partition coefficient (Wildman–Crippen LogP) is 4.05. The first-order valence-corrected chi connectivity index (χ1v) is 12.7. The Labute approximate surface area is 205 Å². The summed E-state index contributed by atoms with van der Waals surface area (Å²) in [5.74, 6) is 1.56. The number of benzene rings is 1. The molecule has 0 aliphatic heterocycles. The maximum atomic E-state index is 13.1. The molecule has 178 valence electrons. The topological polar surface area (TPSA) is 102 Å². The molecule has 0 radical (unpaired) electrons. The molecule has 34 heavy (non-hydrogen) atoms. The van der Waals surface area contributed by atoms with Crippen molar-refractivity contribution < 1.29 is 14.3 Å². The van der Waals surface area contributed by atoms with Crippen LogP contribution in [0.3, 0.4) is 0 Å². The van der Waals surface area contributed by atoms with Crippen LogP contribution in [0.2, 0.25) is 0 Å². The highest BCUT2D eigenvalue weighted by molar-refractivity contribution is 7.19. The van der Waals surface area contributed by atoms with Crippen LogP contribution < -0.4 is 10.1 Å². The molecular formula is C23H26N6O3S2. The first-order chi connectivity index (χ1) is 16.5. The number of nitrogens with zero attached hydrogens (tertiary/aromatic N) is 5. The van der Waals surface area contributed by atoms with Gasteiger partial charge in [0.2, 0.25) is 5.91 Å². The van der Waals surface area contributed by atoms with E-state index in [1.807, 2.05) is 31.0 Å². The molecule has 2 atom stereocenters. The average Bonchev–Trinajstić information content (AvgIpc) is 3.46. The van der Waals surface area contributed by atoms with E-state index in [2.05, 4.69) is 24.9 Å². The quantitative estimate of drug-likeness (QED) is 0.407. The zero-order valence-electron chi connectivity index (χ0n) is 19.5. The van der Waals surface area contributed by atoms with Crippen LogP contribution in [0.25, 0.3) is 20.4 Å². The third-order valence-electron chi connectivity index (χ3n) is 6.43. The summed E-state index contributed by atoms with van der Waals surface area (Å²) < 4.78 is 15.8. The van der Waals surface area contributed by atoms with Gasteiger partial charge in [-0.1, -0.05) is 4.49 Å². The van der Waals surface area contributed by atoms with E-state index in [-0.39, 0.29) is 17.9 Å². The van der Waals surface area contributed by atoms with Gasteiger partial charge < -0.3 is 19.7 Å². The number of rotatable bonds is 7. The molecule has 4 aromatic rings. The molecule has 0 saturated heterocycles. The lowest BCUT2D eigenvalue weighted by molar-refractivity contribution is -0.137. The molecule has 9 nitrogen and oxygen atoms in total. The summed E-state index contributed by atoms with van der Waals surface area (Å²) in [6.45, 7) is 2.54. The monoisotopic (exact) mass is 498 g/mol. The molecule has 5 rings (SSSR count). The highest BCUT2D eigenvalue weighted by atomic mass is 32.1. The summed E-state index contributed by atoms with van der Waals surface area (Å²) in [6, 6.07) is 3.90. The number of hydrogen-bond acceptors (Lipinski definition) is 10. The minimum Gasteiger partial charge on any atom is -0.494 e. The molecule has 1 amide bonds. The molecule has 3 heterocycles. The fourth-order valence-corrected chi connectivity index (χ4v) is 6.32. The summed E-state index contributed by atoms with van der Waals surface area (Å²) in [4.78, 5) is 26.2. The number of nitrogens with one attached hydrogen (secondary N) is 1. The normalized spacial score (nSPS) is 16.4. The maximum absolute atomic E-state index is 13.1. The van der Waals surface area contributed by atoms with Gasteiger partial charge in [-0.2, -0.15) is 0 Å². The van der Waals surface area contributed by atoms with E-state index in [1.165, 1.54) is 22.0 Å². The van der Waals surface area contributed by atoms with Crippen molar-refractivity contribution in [3.8, 4) is 5.75 Å². The molecule has 1 aromatic carbocycles. The Morgan fingerprint density at radius 3 is 2.97 bits per heavy atom. The number of thiophene rings is 1. The van der Waals surface area contributed by atoms with Gasteiger partial charge in [0.1, 0.15) is 28.2 Å². The van der Waals surface area contributed by atoms with Gasteiger partial charge in [0.25, 0.3) is 0 Å². The SMILES string of the molecule is COC[C@H](C)N(C)C(=O)[C@H]1CCc2c(sc3ncnc(Nc4cc5snnc5cc4OC)c23)C1. The summed E-state index contributed by atoms with van der Waals surface area (Å²) in [7, 11) is 5.16. The van der Waals surface area contributed by atoms with Gasteiger partial charge in [-0.05, 0) is 49.3 Å². The van der Waals surface area contributed by atoms with E-state index >= 15 is 0 Å². The van der Waals surface area contributed by atoms with E-state index in [1.54, 1.807) is 31.9 Å². The molecule has 0 unspecified atom stereocenters. The Bertz CT molecular complexity index is 1350. The Hall–Kier alpha value is -2.89. The second kappa shape index (κ2) is 9.40. The van der Waals surface area contributed by atoms with Crippen LogP contribution in [-0.4, -0.2) is 64.3 Å². The van der Waals surface area contributed by atoms with Crippen molar-refractivity contribution in [1.82, 2.24) is 24.5 Å². The van der Waals surface area contributed by atoms with Crippen molar-refractivity contribution in [2.75, 3.05) is 33.2 Å². The fourth-order valence-electron chi connectivity index (χ4n) is 4.48. The number of aromatic nitrogens is 4. The Morgan fingerprint density at radius 2 is 2.18 bits per heavy atom. The van der Waals surface area contributed by atoms with Crippen LogP contribution in [-0.2, 0) is 22.4 Å². The lowest BCUT2D eigenvalue weighted by Gasteiger charge is -2.30. The van der Waals surface area contributed by atoms with E-state index < -0.39 is 0 Å². The number of amides is 1. The first kappa shape index (κ1) is 22.9. The molecule has 0 spiro atoms. The second-order valence-electron chi connectivity index (χ2n) is 8.52. The van der Waals surface area contributed by atoms with Crippen LogP contribution in [0.15, 0.2) is 18.5 Å². The minimum absolute atomic E-state index is 0.0319. The highest BCUT2D eigenvalue weighted by Crippen LogP contribution is 2.42. The van der Waals surface area contributed by atoms with E-state index in [0.29, 0.717) is 12.4 Å². The maximum Gasteiger partial charge on any atom is 0.226 e. The smallest absolute Gasteiger partial charge is 0.226 e. The highest BCUT2D eigenvalue weighted by Gasteiger charge is 2.32. The van der Waals surface area contributed by atoms with Gasteiger partial charge in [0.05, 0.1) is 35.5 Å². The van der Waals surface area contributed by atoms with Gasteiger partial charge in [-0.3, -0.25) is 4.79 Å². The second-order valence-corrected chi connectivity index (χ2v) is 10.4. The van der Waals surface area contributed by atoms with Crippen LogP contribution in [0.4, 0.5) is 11.5 Å². The van der Waals surface area contributed by atoms with Crippen molar-refractivity contribution in [3.05, 3.63) is 28.9 Å². The zero-order chi connectivity index (χ0) is 23.8. The van der Waals surface area contributed by atoms with Gasteiger partial charge in [0.15, 0.2) is 0 Å². The minimum atomic E-state index is -0.0319. The molecule has 3 aromatic heterocycles. The Morgan fingerprint density at radius 1 is 1.32 bits per heavy atom. The van der Waals surface area contributed by atoms with Crippen molar-refractivity contribution in [2.45, 2.75) is 32.2 Å². The third-order valence-corrected chi connectivity index (χ3v) is 8.28. The molecule has 1 aliphatic rings. The standard InChI is InChI=1S/C23H26N6O3S2/c1-12(10-31-3)29(2)23(30)13-5-6-14-18(7-13)33-22-20(14)21(24-11-25-22)26-15-9-19-16(27-28-34-19)8-17(15)32-4/h8-9,11-13H,5-7,10H2,1-4H3,(H,24,25,26)/t12-,13-/m0/s1. The summed E-state index contributed by atoms with van der Waals surface area (Å²) in [5, 5.41) is 8.61. The molecule has 1 N–H and O–H groups in total. The van der Waals surface area contributed by atoms with Gasteiger partial charge in [-0.15, -0.1) is 16.4 Å². The average molecular weight is 499 g/mol. The van der Waals surface area contributed by atoms with Crippen LogP contribution >= 0.6 is 22.9 Å². The van der Waals surface area contributed by atoms with Crippen molar-refractivity contribution in [3.63, 3.8) is 0 Å². The van der Waals surface area contributed by atoms with Crippen LogP contribution in [0.1, 0.15) is 23.8 Å². The zero-order valence-corrected chi connectivity index (χ0v) is 21.1. The lowest BCUT2D eigenvalue weighted by atomic mass is 9.86. The number of likely N-dealkylation sites (N-methyl/N-ethyl adjacent to an activating group) is 1. The molecule has 0 saturated carbocycles. The molecule has 11 heteroatoms. The van der Waals surface area contributed by atoms with E-state index in [0.717, 1.165) is 51.2 Å². The molecule has 1 aliphatic carbocycles. The third kappa shape index (κ3) is 4.08. The predicted molar refractivity (Wildman–Crippen MR) is 134 cm³/mol. The van der Waals surface area contributed by atoms with Gasteiger partial charge >= 0.3 is 0 Å². The Kier molecular flexibility index (Phi) is 6.32. The van der Waals surface area contributed by atoms with Crippen molar-refractivity contribution >= 4 is 60.7 Å². The van der Waals surface area contributed by atoms with Crippen LogP contribution in [0, 0.1) is 5.92 Å².